The molecule has 2 rings (SSSR count). The molecule has 3 heteroatoms. The molecule has 0 fully saturated rings. The molecule has 1 aromatic carbocycles. The lowest BCUT2D eigenvalue weighted by atomic mass is 10.3. The Hall–Kier alpha value is -0.0400. The third kappa shape index (κ3) is 1.84. The predicted octanol–water partition coefficient (Wildman–Crippen LogP) is 3.99. The quantitative estimate of drug-likeness (QED) is 0.628. The lowest BCUT2D eigenvalue weighted by Crippen LogP contribution is -1.98. The summed E-state index contributed by atoms with van der Waals surface area (Å²) in [6.45, 7) is 2.14. The van der Waals surface area contributed by atoms with E-state index in [0.29, 0.717) is 0 Å². The standard InChI is InChI=1S/C11H9I2N/c1-8-7-10(12)14(11(8)13)9-5-3-2-4-6-9/h2-7H,1H3. The second-order valence-corrected chi connectivity index (χ2v) is 5.24. The summed E-state index contributed by atoms with van der Waals surface area (Å²) < 4.78 is 4.81. The van der Waals surface area contributed by atoms with Gasteiger partial charge in [-0.3, -0.25) is 4.57 Å². The van der Waals surface area contributed by atoms with Crippen molar-refractivity contribution < 1.29 is 0 Å². The largest absolute Gasteiger partial charge is 0.299 e. The predicted molar refractivity (Wildman–Crippen MR) is 75.9 cm³/mol. The normalized spacial score (nSPS) is 10.5. The van der Waals surface area contributed by atoms with Gasteiger partial charge in [0, 0.05) is 5.69 Å². The van der Waals surface area contributed by atoms with Crippen LogP contribution in [0.4, 0.5) is 0 Å². The summed E-state index contributed by atoms with van der Waals surface area (Å²) >= 11 is 4.76. The van der Waals surface area contributed by atoms with Crippen molar-refractivity contribution in [1.82, 2.24) is 4.57 Å². The highest BCUT2D eigenvalue weighted by molar-refractivity contribution is 14.1. The molecule has 72 valence electrons. The minimum absolute atomic E-state index is 1.23. The molecule has 0 radical (unpaired) electrons. The Morgan fingerprint density at radius 1 is 1.07 bits per heavy atom. The lowest BCUT2D eigenvalue weighted by molar-refractivity contribution is 1.01. The van der Waals surface area contributed by atoms with Crippen molar-refractivity contribution in [1.29, 1.82) is 0 Å². The first-order chi connectivity index (χ1) is 6.70. The molecule has 0 atom stereocenters. The summed E-state index contributed by atoms with van der Waals surface area (Å²) in [5, 5.41) is 0. The van der Waals surface area contributed by atoms with E-state index in [1.165, 1.54) is 18.7 Å². The van der Waals surface area contributed by atoms with E-state index in [4.69, 9.17) is 0 Å². The Morgan fingerprint density at radius 2 is 1.71 bits per heavy atom. The Bertz CT molecular complexity index is 446. The van der Waals surface area contributed by atoms with E-state index in [1.807, 2.05) is 6.07 Å². The number of hydrogen-bond donors (Lipinski definition) is 0. The molecule has 1 heterocycles. The van der Waals surface area contributed by atoms with Crippen molar-refractivity contribution >= 4 is 45.2 Å². The number of aromatic nitrogens is 1. The van der Waals surface area contributed by atoms with E-state index < -0.39 is 0 Å². The van der Waals surface area contributed by atoms with Crippen LogP contribution < -0.4 is 0 Å². The molecule has 0 amide bonds. The fraction of sp³-hybridized carbons (Fsp3) is 0.0909. The molecule has 0 unspecified atom stereocenters. The zero-order valence-corrected chi connectivity index (χ0v) is 12.0. The van der Waals surface area contributed by atoms with E-state index in [1.54, 1.807) is 0 Å². The molecule has 0 aliphatic heterocycles. The summed E-state index contributed by atoms with van der Waals surface area (Å²) in [5.74, 6) is 0. The molecule has 0 saturated heterocycles. The van der Waals surface area contributed by atoms with Crippen molar-refractivity contribution in [2.24, 2.45) is 0 Å². The third-order valence-electron chi connectivity index (χ3n) is 2.09. The second-order valence-electron chi connectivity index (χ2n) is 3.11. The van der Waals surface area contributed by atoms with Crippen molar-refractivity contribution in [3.63, 3.8) is 0 Å². The van der Waals surface area contributed by atoms with Crippen molar-refractivity contribution in [2.45, 2.75) is 6.92 Å². The van der Waals surface area contributed by atoms with Gasteiger partial charge < -0.3 is 0 Å². The Balaban J connectivity index is 2.62. The van der Waals surface area contributed by atoms with Crippen LogP contribution >= 0.6 is 45.2 Å². The number of hydrogen-bond acceptors (Lipinski definition) is 0. The minimum Gasteiger partial charge on any atom is -0.299 e. The summed E-state index contributed by atoms with van der Waals surface area (Å²) in [4.78, 5) is 0. The van der Waals surface area contributed by atoms with Crippen molar-refractivity contribution in [3.05, 3.63) is 49.4 Å². The van der Waals surface area contributed by atoms with Crippen LogP contribution in [0.2, 0.25) is 0 Å². The van der Waals surface area contributed by atoms with Crippen LogP contribution in [0.3, 0.4) is 0 Å². The van der Waals surface area contributed by atoms with Gasteiger partial charge in [-0.05, 0) is 75.9 Å². The monoisotopic (exact) mass is 409 g/mol. The van der Waals surface area contributed by atoms with Gasteiger partial charge >= 0.3 is 0 Å². The van der Waals surface area contributed by atoms with Crippen LogP contribution in [0, 0.1) is 14.3 Å². The fourth-order valence-corrected chi connectivity index (χ4v) is 3.53. The van der Waals surface area contributed by atoms with Gasteiger partial charge in [-0.2, -0.15) is 0 Å². The van der Waals surface area contributed by atoms with Crippen LogP contribution in [0.15, 0.2) is 36.4 Å². The molecule has 2 aromatic rings. The molecule has 0 N–H and O–H groups in total. The van der Waals surface area contributed by atoms with Crippen LogP contribution in [-0.2, 0) is 0 Å². The number of aryl methyl sites for hydroxylation is 1. The second kappa shape index (κ2) is 4.22. The molecule has 1 aromatic heterocycles. The fourth-order valence-electron chi connectivity index (χ4n) is 1.39. The zero-order chi connectivity index (χ0) is 10.1. The van der Waals surface area contributed by atoms with E-state index in [9.17, 15) is 0 Å². The summed E-state index contributed by atoms with van der Waals surface area (Å²) in [6, 6.07) is 12.6. The molecular formula is C11H9I2N. The molecule has 0 saturated carbocycles. The Labute approximate surface area is 111 Å². The van der Waals surface area contributed by atoms with Crippen LogP contribution in [0.1, 0.15) is 5.56 Å². The van der Waals surface area contributed by atoms with Gasteiger partial charge in [0.15, 0.2) is 0 Å². The first-order valence-corrected chi connectivity index (χ1v) is 6.44. The Morgan fingerprint density at radius 3 is 2.21 bits per heavy atom. The average molecular weight is 409 g/mol. The third-order valence-corrected chi connectivity index (χ3v) is 4.21. The number of halogens is 2. The first kappa shape index (κ1) is 10.5. The van der Waals surface area contributed by atoms with Gasteiger partial charge in [0.2, 0.25) is 0 Å². The minimum atomic E-state index is 1.23. The van der Waals surface area contributed by atoms with Gasteiger partial charge in [0.25, 0.3) is 0 Å². The number of para-hydroxylation sites is 1. The maximum absolute atomic E-state index is 2.39. The molecule has 1 nitrogen and oxygen atoms in total. The topological polar surface area (TPSA) is 4.93 Å². The smallest absolute Gasteiger partial charge is 0.0882 e. The molecule has 0 bridgehead atoms. The van der Waals surface area contributed by atoms with E-state index >= 15 is 0 Å². The molecule has 0 spiro atoms. The van der Waals surface area contributed by atoms with E-state index in [2.05, 4.69) is 87.0 Å². The summed E-state index contributed by atoms with van der Waals surface area (Å²) in [7, 11) is 0. The zero-order valence-electron chi connectivity index (χ0n) is 7.67. The number of nitrogens with zero attached hydrogens (tertiary/aromatic N) is 1. The maximum atomic E-state index is 2.39. The first-order valence-electron chi connectivity index (χ1n) is 4.29. The molecule has 14 heavy (non-hydrogen) atoms. The van der Waals surface area contributed by atoms with Crippen LogP contribution in [-0.4, -0.2) is 4.57 Å². The highest BCUT2D eigenvalue weighted by Gasteiger charge is 2.08. The average Bonchev–Trinajstić information content (AvgIpc) is 2.43. The summed E-state index contributed by atoms with van der Waals surface area (Å²) in [6.07, 6.45) is 0. The summed E-state index contributed by atoms with van der Waals surface area (Å²) in [5.41, 5.74) is 2.56. The van der Waals surface area contributed by atoms with E-state index in [-0.39, 0.29) is 0 Å². The lowest BCUT2D eigenvalue weighted by Gasteiger charge is -2.06. The van der Waals surface area contributed by atoms with Crippen molar-refractivity contribution in [3.8, 4) is 5.69 Å². The SMILES string of the molecule is Cc1cc(I)n(-c2ccccc2)c1I. The van der Waals surface area contributed by atoms with Gasteiger partial charge in [-0.15, -0.1) is 0 Å². The maximum Gasteiger partial charge on any atom is 0.0882 e. The highest BCUT2D eigenvalue weighted by atomic mass is 127. The van der Waals surface area contributed by atoms with Gasteiger partial charge in [0.05, 0.1) is 7.40 Å². The molecular weight excluding hydrogens is 400 g/mol. The highest BCUT2D eigenvalue weighted by Crippen LogP contribution is 2.23. The number of rotatable bonds is 1. The molecule has 0 aliphatic rings. The van der Waals surface area contributed by atoms with E-state index in [0.717, 1.165) is 0 Å². The van der Waals surface area contributed by atoms with Crippen molar-refractivity contribution in [2.75, 3.05) is 0 Å². The van der Waals surface area contributed by atoms with Crippen LogP contribution in [0.25, 0.3) is 5.69 Å². The molecule has 0 aliphatic carbocycles. The van der Waals surface area contributed by atoms with Crippen LogP contribution in [0.5, 0.6) is 0 Å². The van der Waals surface area contributed by atoms with Gasteiger partial charge in [-0.25, -0.2) is 0 Å². The Kier molecular flexibility index (Phi) is 3.16. The number of benzene rings is 1. The van der Waals surface area contributed by atoms with Gasteiger partial charge in [-0.1, -0.05) is 18.2 Å². The van der Waals surface area contributed by atoms with Gasteiger partial charge in [0.1, 0.15) is 0 Å².